The van der Waals surface area contributed by atoms with Gasteiger partial charge in [0.05, 0.1) is 13.5 Å². The summed E-state index contributed by atoms with van der Waals surface area (Å²) in [5.41, 5.74) is 38.1. The summed E-state index contributed by atoms with van der Waals surface area (Å²) in [7, 11) is 2.99. The Morgan fingerprint density at radius 2 is 0.961 bits per heavy atom. The molecule has 564 valence electrons. The number of aliphatic hydroxyl groups is 1. The number of phenolic OH excluding ortho intramolecular Hbond substituents is 7. The summed E-state index contributed by atoms with van der Waals surface area (Å²) in [6, 6.07) is 45.4. The van der Waals surface area contributed by atoms with Crippen LogP contribution in [0.5, 0.6) is 40.2 Å². The number of likely N-dealkylation sites (N-methyl/N-ethyl adjacent to an activating group) is 1. The van der Waals surface area contributed by atoms with Gasteiger partial charge in [0.1, 0.15) is 41.1 Å². The number of aliphatic hydroxyl groups excluding tert-OH is 1. The van der Waals surface area contributed by atoms with E-state index in [4.69, 9.17) is 96.4 Å². The number of carbonyl (C=O) groups excluding carboxylic acids is 1. The number of phenols is 7. The van der Waals surface area contributed by atoms with Crippen LogP contribution < -0.4 is 51.0 Å². The normalized spacial score (nSPS) is 13.9. The third-order valence-electron chi connectivity index (χ3n) is 15.7. The van der Waals surface area contributed by atoms with Crippen LogP contribution in [0.25, 0.3) is 0 Å². The molecular formula is C74H103N9O20. The fourth-order valence-corrected chi connectivity index (χ4v) is 9.50. The van der Waals surface area contributed by atoms with Gasteiger partial charge >= 0.3 is 35.8 Å². The van der Waals surface area contributed by atoms with E-state index in [-0.39, 0.29) is 58.5 Å². The number of carbonyl (C=O) groups is 6. The van der Waals surface area contributed by atoms with E-state index in [0.717, 1.165) is 66.5 Å². The van der Waals surface area contributed by atoms with Gasteiger partial charge in [0.15, 0.2) is 34.5 Å². The van der Waals surface area contributed by atoms with E-state index in [1.165, 1.54) is 69.3 Å². The molecule has 8 rings (SSSR count). The van der Waals surface area contributed by atoms with Gasteiger partial charge in [0.25, 0.3) is 0 Å². The lowest BCUT2D eigenvalue weighted by atomic mass is 9.72. The van der Waals surface area contributed by atoms with Crippen LogP contribution >= 0.6 is 0 Å². The Balaban J connectivity index is 0.000000591. The van der Waals surface area contributed by atoms with Gasteiger partial charge in [-0.15, -0.1) is 0 Å². The van der Waals surface area contributed by atoms with Crippen LogP contribution in [-0.4, -0.2) is 165 Å². The van der Waals surface area contributed by atoms with Crippen LogP contribution in [-0.2, 0) is 72.0 Å². The third-order valence-corrected chi connectivity index (χ3v) is 15.7. The van der Waals surface area contributed by atoms with Crippen LogP contribution in [0.2, 0.25) is 0 Å². The predicted octanol–water partition coefficient (Wildman–Crippen LogP) is 5.01. The van der Waals surface area contributed by atoms with Gasteiger partial charge in [-0.2, -0.15) is 0 Å². The van der Waals surface area contributed by atoms with E-state index in [9.17, 15) is 39.0 Å². The first-order chi connectivity index (χ1) is 48.6. The molecule has 0 aliphatic heterocycles. The molecule has 29 nitrogen and oxygen atoms in total. The zero-order valence-electron chi connectivity index (χ0n) is 58.3. The van der Waals surface area contributed by atoms with E-state index in [0.29, 0.717) is 56.6 Å². The number of methoxy groups -OCH3 is 1. The molecule has 7 aromatic carbocycles. The fraction of sp³-hybridized carbons (Fsp3) is 0.351. The largest absolute Gasteiger partial charge is 0.508 e. The summed E-state index contributed by atoms with van der Waals surface area (Å²) < 4.78 is 4.52. The van der Waals surface area contributed by atoms with Crippen molar-refractivity contribution in [1.29, 1.82) is 0 Å². The number of benzene rings is 7. The second kappa shape index (κ2) is 47.6. The molecule has 0 amide bonds. The van der Waals surface area contributed by atoms with Gasteiger partial charge in [0.2, 0.25) is 0 Å². The van der Waals surface area contributed by atoms with Gasteiger partial charge in [-0.05, 0) is 172 Å². The summed E-state index contributed by atoms with van der Waals surface area (Å²) in [6.07, 6.45) is 7.41. The van der Waals surface area contributed by atoms with Gasteiger partial charge in [-0.1, -0.05) is 141 Å². The Morgan fingerprint density at radius 1 is 0.524 bits per heavy atom. The van der Waals surface area contributed by atoms with Crippen LogP contribution in [0.4, 0.5) is 0 Å². The zero-order chi connectivity index (χ0) is 77.9. The lowest BCUT2D eigenvalue weighted by Crippen LogP contribution is -2.54. The van der Waals surface area contributed by atoms with Crippen molar-refractivity contribution < 1.29 is 99.9 Å². The van der Waals surface area contributed by atoms with Gasteiger partial charge in [0, 0.05) is 12.8 Å². The molecule has 29 N–H and O–H groups in total. The minimum absolute atomic E-state index is 0.0793. The molecule has 0 aromatic heterocycles. The lowest BCUT2D eigenvalue weighted by Gasteiger charge is -2.34. The van der Waals surface area contributed by atoms with E-state index in [2.05, 4.69) is 15.5 Å². The highest BCUT2D eigenvalue weighted by Crippen LogP contribution is 2.38. The standard InChI is InChI=1S/C10H14N2O4.3C10H13NO2.C9H11NO5.C9H17NO2.C8H11NO2.C8H11NO/c1-10(12-11,9(15)16)5-6-2-3-7(13)8(14)4-6;1-10(11,9(12)13)7-8-5-3-2-4-6-8;1-13-10(12)9(11)7-8-5-3-2-4-6-8;1-11-9(10(12)13)7-8-5-3-2-4-6-8;10-7(9(14)15)8(13)4-1-2-5(11)6(12)3-4;10-7-9(6-8(11)12)4-2-1-3-5-9;9-4-3-6-1-2-7(10)8(11)5-6;9-6-5-7-1-3-8(10)4-2-7/h2-4,12-14H,5,11H2,1H3,(H,15,16);2-6H,7,11H2,1H3,(H,12,13);2-6,9H,7,11H2,1H3;2-6,9,11H,7H2,1H3,(H,12,13);1-3,7-8,11-13H,10H2,(H,14,15);1-7,10H2,(H,11,12);1-2,5,10-11H,3-4,9H2;1-4,10H,5-6,9H2/t;;;;7-,8?;;;/m....0.../s1. The maximum Gasteiger partial charge on any atom is 0.325 e. The molecule has 1 aliphatic carbocycles. The Kier molecular flexibility index (Phi) is 41.9. The molecule has 1 aliphatic rings. The number of ether oxygens (including phenoxy) is 1. The second-order valence-corrected chi connectivity index (χ2v) is 24.3. The molecule has 0 radical (unpaired) electrons. The molecule has 0 heterocycles. The highest BCUT2D eigenvalue weighted by atomic mass is 16.5. The van der Waals surface area contributed by atoms with Crippen molar-refractivity contribution in [3.8, 4) is 40.2 Å². The average Bonchev–Trinajstić information content (AvgIpc) is 0.863. The fourth-order valence-electron chi connectivity index (χ4n) is 9.50. The molecular weight excluding hydrogens is 1330 g/mol. The predicted molar refractivity (Wildman–Crippen MR) is 389 cm³/mol. The molecule has 1 fully saturated rings. The number of esters is 1. The first-order valence-corrected chi connectivity index (χ1v) is 32.5. The van der Waals surface area contributed by atoms with Crippen molar-refractivity contribution in [3.63, 3.8) is 0 Å². The van der Waals surface area contributed by atoms with E-state index < -0.39 is 70.9 Å². The molecule has 5 unspecified atom stereocenters. The summed E-state index contributed by atoms with van der Waals surface area (Å²) in [5.74, 6) is -1.34. The van der Waals surface area contributed by atoms with Crippen molar-refractivity contribution in [3.05, 3.63) is 209 Å². The number of rotatable bonds is 24. The molecule has 7 aromatic rings. The van der Waals surface area contributed by atoms with E-state index in [1.54, 1.807) is 25.2 Å². The lowest BCUT2D eigenvalue weighted by molar-refractivity contribution is -0.144. The van der Waals surface area contributed by atoms with Crippen molar-refractivity contribution in [2.45, 2.75) is 126 Å². The number of hydrogen-bond acceptors (Lipinski definition) is 24. The molecule has 103 heavy (non-hydrogen) atoms. The maximum atomic E-state index is 11.0. The van der Waals surface area contributed by atoms with Crippen molar-refractivity contribution in [2.75, 3.05) is 33.8 Å². The Hall–Kier alpha value is -10.4. The number of hydrogen-bond donors (Lipinski definition) is 22. The SMILES string of the molecule is CC(Cc1ccc(O)c(O)c1)(NN)C(=O)O.CC(N)(Cc1ccccc1)C(=O)O.CNC(Cc1ccccc1)C(=O)O.COC(=O)C(N)Cc1ccccc1.NCC1(CC(=O)O)CCCCC1.NCCc1ccc(O)c(O)c1.NCCc1ccc(O)cc1.N[C@H](C(=O)O)C(O)c1ccc(O)c(O)c1. The number of aromatic hydroxyl groups is 7. The third kappa shape index (κ3) is 35.6. The molecule has 1 saturated carbocycles. The smallest absolute Gasteiger partial charge is 0.325 e. The Labute approximate surface area is 598 Å². The summed E-state index contributed by atoms with van der Waals surface area (Å²) in [6.45, 7) is 4.68. The average molecular weight is 1440 g/mol. The molecule has 0 spiro atoms. The number of nitrogens with one attached hydrogen (secondary N) is 2. The number of hydrazine groups is 1. The van der Waals surface area contributed by atoms with Gasteiger partial charge < -0.3 is 111 Å². The highest BCUT2D eigenvalue weighted by Gasteiger charge is 2.34. The van der Waals surface area contributed by atoms with Gasteiger partial charge in [-0.25, -0.2) is 5.43 Å². The zero-order valence-corrected chi connectivity index (χ0v) is 58.3. The van der Waals surface area contributed by atoms with Crippen LogP contribution in [0.1, 0.15) is 97.4 Å². The summed E-state index contributed by atoms with van der Waals surface area (Å²) in [5, 5.41) is 119. The highest BCUT2D eigenvalue weighted by molar-refractivity contribution is 5.79. The Bertz CT molecular complexity index is 3630. The van der Waals surface area contributed by atoms with Crippen molar-refractivity contribution in [2.24, 2.45) is 45.7 Å². The molecule has 6 atom stereocenters. The summed E-state index contributed by atoms with van der Waals surface area (Å²) in [4.78, 5) is 64.3. The van der Waals surface area contributed by atoms with Crippen LogP contribution in [0.15, 0.2) is 170 Å². The summed E-state index contributed by atoms with van der Waals surface area (Å²) >= 11 is 0. The first-order valence-electron chi connectivity index (χ1n) is 32.5. The molecule has 0 saturated heterocycles. The molecule has 0 bridgehead atoms. The number of carboxylic acid groups (broad SMARTS) is 5. The minimum Gasteiger partial charge on any atom is -0.508 e. The van der Waals surface area contributed by atoms with Crippen LogP contribution in [0.3, 0.4) is 0 Å². The van der Waals surface area contributed by atoms with E-state index >= 15 is 0 Å². The monoisotopic (exact) mass is 1440 g/mol. The number of nitrogens with two attached hydrogens (primary N) is 7. The van der Waals surface area contributed by atoms with Gasteiger partial charge in [-0.3, -0.25) is 34.6 Å². The number of aliphatic carboxylic acids is 5. The van der Waals surface area contributed by atoms with E-state index in [1.807, 2.05) is 103 Å². The Morgan fingerprint density at radius 3 is 1.36 bits per heavy atom. The maximum absolute atomic E-state index is 11.0. The quantitative estimate of drug-likeness (QED) is 0.0163. The topological polar surface area (TPSA) is 581 Å². The molecule has 29 heteroatoms. The minimum atomic E-state index is -1.48. The number of carboxylic acids is 5. The first kappa shape index (κ1) is 90.6. The van der Waals surface area contributed by atoms with Crippen LogP contribution in [0, 0.1) is 5.41 Å². The van der Waals surface area contributed by atoms with Crippen molar-refractivity contribution >= 4 is 35.8 Å². The second-order valence-electron chi connectivity index (χ2n) is 24.3. The van der Waals surface area contributed by atoms with Crippen molar-refractivity contribution in [1.82, 2.24) is 10.7 Å².